The lowest BCUT2D eigenvalue weighted by Crippen LogP contribution is -2.46. The van der Waals surface area contributed by atoms with Crippen molar-refractivity contribution in [1.82, 2.24) is 10.2 Å². The summed E-state index contributed by atoms with van der Waals surface area (Å²) in [6.45, 7) is 2.10. The number of carbonyl (C=O) groups is 3. The largest absolute Gasteiger partial charge is 0.481 e. The Kier molecular flexibility index (Phi) is 5.37. The molecular formula is C19H20N2O4S. The first-order chi connectivity index (χ1) is 12.5. The number of carbonyl (C=O) groups excluding carboxylic acids is 2. The zero-order valence-corrected chi connectivity index (χ0v) is 15.1. The van der Waals surface area contributed by atoms with E-state index in [0.717, 1.165) is 5.56 Å². The molecule has 1 saturated heterocycles. The van der Waals surface area contributed by atoms with Crippen LogP contribution in [0.5, 0.6) is 0 Å². The van der Waals surface area contributed by atoms with Crippen molar-refractivity contribution in [3.8, 4) is 0 Å². The van der Waals surface area contributed by atoms with Gasteiger partial charge in [-0.25, -0.2) is 0 Å². The Hall–Kier alpha value is -2.67. The standard InChI is InChI=1S/C19H20N2O4S/c1-12(20-17(22)16-8-5-9-26-16)18(23)21-10-14(15(11-21)19(24)25)13-6-3-2-4-7-13/h2-9,12,14-15H,10-11H2,1H3,(H,20,22)(H,24,25). The molecule has 0 spiro atoms. The number of benzene rings is 1. The highest BCUT2D eigenvalue weighted by Gasteiger charge is 2.41. The molecule has 2 aromatic rings. The Morgan fingerprint density at radius 1 is 1.15 bits per heavy atom. The summed E-state index contributed by atoms with van der Waals surface area (Å²) in [7, 11) is 0. The van der Waals surface area contributed by atoms with Gasteiger partial charge in [-0.1, -0.05) is 36.4 Å². The van der Waals surface area contributed by atoms with Crippen LogP contribution in [0.3, 0.4) is 0 Å². The van der Waals surface area contributed by atoms with Gasteiger partial charge in [0.25, 0.3) is 5.91 Å². The Bertz CT molecular complexity index is 791. The van der Waals surface area contributed by atoms with E-state index in [4.69, 9.17) is 0 Å². The SMILES string of the molecule is CC(NC(=O)c1cccs1)C(=O)N1CC(C(=O)O)C(c2ccccc2)C1. The van der Waals surface area contributed by atoms with Gasteiger partial charge in [0.1, 0.15) is 6.04 Å². The van der Waals surface area contributed by atoms with E-state index in [9.17, 15) is 19.5 Å². The van der Waals surface area contributed by atoms with Crippen LogP contribution >= 0.6 is 11.3 Å². The van der Waals surface area contributed by atoms with E-state index in [-0.39, 0.29) is 24.3 Å². The molecule has 0 aliphatic carbocycles. The molecular weight excluding hydrogens is 352 g/mol. The summed E-state index contributed by atoms with van der Waals surface area (Å²) >= 11 is 1.30. The molecule has 0 radical (unpaired) electrons. The molecule has 1 aromatic carbocycles. The maximum atomic E-state index is 12.7. The summed E-state index contributed by atoms with van der Waals surface area (Å²) in [5.41, 5.74) is 0.908. The van der Waals surface area contributed by atoms with Crippen molar-refractivity contribution in [2.45, 2.75) is 18.9 Å². The predicted molar refractivity (Wildman–Crippen MR) is 98.1 cm³/mol. The number of nitrogens with one attached hydrogen (secondary N) is 1. The fourth-order valence-corrected chi connectivity index (χ4v) is 3.91. The monoisotopic (exact) mass is 372 g/mol. The molecule has 3 atom stereocenters. The van der Waals surface area contributed by atoms with Crippen LogP contribution in [-0.4, -0.2) is 46.9 Å². The number of aliphatic carboxylic acids is 1. The number of amides is 2. The molecule has 2 N–H and O–H groups in total. The van der Waals surface area contributed by atoms with E-state index in [0.29, 0.717) is 11.4 Å². The minimum atomic E-state index is -0.913. The lowest BCUT2D eigenvalue weighted by atomic mass is 9.89. The van der Waals surface area contributed by atoms with Crippen LogP contribution in [0.2, 0.25) is 0 Å². The summed E-state index contributed by atoms with van der Waals surface area (Å²) < 4.78 is 0. The fraction of sp³-hybridized carbons (Fsp3) is 0.316. The zero-order chi connectivity index (χ0) is 18.7. The van der Waals surface area contributed by atoms with Crippen molar-refractivity contribution in [1.29, 1.82) is 0 Å². The number of hydrogen-bond donors (Lipinski definition) is 2. The highest BCUT2D eigenvalue weighted by Crippen LogP contribution is 2.33. The third-order valence-corrected chi connectivity index (χ3v) is 5.51. The molecule has 2 heterocycles. The molecule has 26 heavy (non-hydrogen) atoms. The van der Waals surface area contributed by atoms with Crippen molar-refractivity contribution in [2.24, 2.45) is 5.92 Å². The van der Waals surface area contributed by atoms with Crippen molar-refractivity contribution >= 4 is 29.1 Å². The van der Waals surface area contributed by atoms with E-state index in [1.54, 1.807) is 24.4 Å². The van der Waals surface area contributed by atoms with Gasteiger partial charge in [-0.05, 0) is 23.9 Å². The molecule has 1 aliphatic heterocycles. The highest BCUT2D eigenvalue weighted by molar-refractivity contribution is 7.12. The van der Waals surface area contributed by atoms with E-state index < -0.39 is 17.9 Å². The Labute approximate surface area is 155 Å². The number of thiophene rings is 1. The zero-order valence-electron chi connectivity index (χ0n) is 14.3. The van der Waals surface area contributed by atoms with Crippen LogP contribution in [0, 0.1) is 5.92 Å². The number of carboxylic acid groups (broad SMARTS) is 1. The minimum absolute atomic E-state index is 0.146. The van der Waals surface area contributed by atoms with Crippen molar-refractivity contribution in [3.63, 3.8) is 0 Å². The van der Waals surface area contributed by atoms with Crippen LogP contribution in [0.4, 0.5) is 0 Å². The highest BCUT2D eigenvalue weighted by atomic mass is 32.1. The average molecular weight is 372 g/mol. The molecule has 136 valence electrons. The number of rotatable bonds is 5. The first kappa shape index (κ1) is 18.1. The molecule has 1 aromatic heterocycles. The van der Waals surface area contributed by atoms with Crippen molar-refractivity contribution in [2.75, 3.05) is 13.1 Å². The molecule has 3 rings (SSSR count). The molecule has 3 unspecified atom stereocenters. The van der Waals surface area contributed by atoms with Gasteiger partial charge < -0.3 is 15.3 Å². The van der Waals surface area contributed by atoms with E-state index in [2.05, 4.69) is 5.32 Å². The Balaban J connectivity index is 1.69. The first-order valence-electron chi connectivity index (χ1n) is 8.38. The third kappa shape index (κ3) is 3.77. The van der Waals surface area contributed by atoms with Gasteiger partial charge in [0.05, 0.1) is 10.8 Å². The minimum Gasteiger partial charge on any atom is -0.481 e. The van der Waals surface area contributed by atoms with Gasteiger partial charge in [0, 0.05) is 19.0 Å². The Morgan fingerprint density at radius 2 is 1.88 bits per heavy atom. The maximum Gasteiger partial charge on any atom is 0.308 e. The summed E-state index contributed by atoms with van der Waals surface area (Å²) in [5.74, 6) is -2.38. The molecule has 2 amide bonds. The van der Waals surface area contributed by atoms with Crippen LogP contribution in [-0.2, 0) is 9.59 Å². The molecule has 7 heteroatoms. The van der Waals surface area contributed by atoms with E-state index in [1.807, 2.05) is 30.3 Å². The summed E-state index contributed by atoms with van der Waals surface area (Å²) in [5, 5.41) is 14.0. The van der Waals surface area contributed by atoms with Crippen molar-refractivity contribution in [3.05, 3.63) is 58.3 Å². The first-order valence-corrected chi connectivity index (χ1v) is 9.26. The fourth-order valence-electron chi connectivity index (χ4n) is 3.28. The summed E-state index contributed by atoms with van der Waals surface area (Å²) in [4.78, 5) is 38.6. The van der Waals surface area contributed by atoms with Gasteiger partial charge in [0.2, 0.25) is 5.91 Å². The van der Waals surface area contributed by atoms with E-state index >= 15 is 0 Å². The number of likely N-dealkylation sites (tertiary alicyclic amines) is 1. The Morgan fingerprint density at radius 3 is 2.50 bits per heavy atom. The number of nitrogens with zero attached hydrogens (tertiary/aromatic N) is 1. The number of carboxylic acids is 1. The van der Waals surface area contributed by atoms with Crippen LogP contribution in [0.15, 0.2) is 47.8 Å². The van der Waals surface area contributed by atoms with Gasteiger partial charge in [0.15, 0.2) is 0 Å². The molecule has 0 bridgehead atoms. The predicted octanol–water partition coefficient (Wildman–Crippen LogP) is 2.19. The molecule has 6 nitrogen and oxygen atoms in total. The molecule has 0 saturated carbocycles. The summed E-state index contributed by atoms with van der Waals surface area (Å²) in [6.07, 6.45) is 0. The lowest BCUT2D eigenvalue weighted by molar-refractivity contribution is -0.142. The van der Waals surface area contributed by atoms with E-state index in [1.165, 1.54) is 16.2 Å². The topological polar surface area (TPSA) is 86.7 Å². The van der Waals surface area contributed by atoms with Crippen LogP contribution in [0.1, 0.15) is 28.1 Å². The maximum absolute atomic E-state index is 12.7. The van der Waals surface area contributed by atoms with Crippen LogP contribution < -0.4 is 5.32 Å². The van der Waals surface area contributed by atoms with Gasteiger partial charge in [-0.2, -0.15) is 0 Å². The van der Waals surface area contributed by atoms with Gasteiger partial charge in [-0.3, -0.25) is 14.4 Å². The second-order valence-electron chi connectivity index (χ2n) is 6.38. The third-order valence-electron chi connectivity index (χ3n) is 4.64. The summed E-state index contributed by atoms with van der Waals surface area (Å²) in [6, 6.07) is 12.1. The van der Waals surface area contributed by atoms with Gasteiger partial charge >= 0.3 is 5.97 Å². The normalized spacial score (nSPS) is 20.6. The number of hydrogen-bond acceptors (Lipinski definition) is 4. The second kappa shape index (κ2) is 7.70. The smallest absolute Gasteiger partial charge is 0.308 e. The molecule has 1 fully saturated rings. The quantitative estimate of drug-likeness (QED) is 0.842. The van der Waals surface area contributed by atoms with Crippen molar-refractivity contribution < 1.29 is 19.5 Å². The van der Waals surface area contributed by atoms with Crippen LogP contribution in [0.25, 0.3) is 0 Å². The average Bonchev–Trinajstić information content (AvgIpc) is 3.31. The molecule has 1 aliphatic rings. The second-order valence-corrected chi connectivity index (χ2v) is 7.33. The lowest BCUT2D eigenvalue weighted by Gasteiger charge is -2.21. The van der Waals surface area contributed by atoms with Gasteiger partial charge in [-0.15, -0.1) is 11.3 Å².